The molecule has 1 aliphatic rings. The van der Waals surface area contributed by atoms with Crippen LogP contribution in [-0.2, 0) is 14.8 Å². The lowest BCUT2D eigenvalue weighted by Gasteiger charge is -2.22. The molecule has 2 rings (SSSR count). The summed E-state index contributed by atoms with van der Waals surface area (Å²) in [5.41, 5.74) is 0. The predicted molar refractivity (Wildman–Crippen MR) is 55.0 cm³/mol. The van der Waals surface area contributed by atoms with Gasteiger partial charge in [0.05, 0.1) is 11.4 Å². The molecule has 1 aromatic rings. The van der Waals surface area contributed by atoms with Crippen molar-refractivity contribution in [3.8, 4) is 0 Å². The minimum absolute atomic E-state index is 0.366. The summed E-state index contributed by atoms with van der Waals surface area (Å²) < 4.78 is 31.3. The molecule has 0 amide bonds. The molecular formula is C8H13N3O3S. The lowest BCUT2D eigenvalue weighted by Crippen LogP contribution is -2.33. The Balaban J connectivity index is 2.05. The van der Waals surface area contributed by atoms with Gasteiger partial charge in [0, 0.05) is 19.3 Å². The molecule has 84 valence electrons. The summed E-state index contributed by atoms with van der Waals surface area (Å²) >= 11 is 0. The third-order valence-corrected chi connectivity index (χ3v) is 4.21. The second-order valence-corrected chi connectivity index (χ2v) is 5.39. The molecule has 2 heterocycles. The number of sulfonamides is 1. The van der Waals surface area contributed by atoms with Crippen LogP contribution in [0.4, 0.5) is 5.82 Å². The van der Waals surface area contributed by atoms with Gasteiger partial charge >= 0.3 is 0 Å². The second kappa shape index (κ2) is 4.19. The van der Waals surface area contributed by atoms with Gasteiger partial charge in [-0.25, -0.2) is 8.42 Å². The number of hydrogen-bond acceptors (Lipinski definition) is 4. The molecule has 0 unspecified atom stereocenters. The van der Waals surface area contributed by atoms with Gasteiger partial charge in [-0.1, -0.05) is 0 Å². The SMILES string of the molecule is O=S(=O)(Nc1ccn[nH]1)C1CCOCC1. The first-order valence-electron chi connectivity index (χ1n) is 4.77. The highest BCUT2D eigenvalue weighted by atomic mass is 32.2. The number of hydrogen-bond donors (Lipinski definition) is 2. The van der Waals surface area contributed by atoms with Crippen LogP contribution >= 0.6 is 0 Å². The summed E-state index contributed by atoms with van der Waals surface area (Å²) in [4.78, 5) is 0. The molecule has 0 aliphatic carbocycles. The maximum absolute atomic E-state index is 11.8. The Hall–Kier alpha value is -1.08. The monoisotopic (exact) mass is 231 g/mol. The van der Waals surface area contributed by atoms with Crippen LogP contribution in [0.2, 0.25) is 0 Å². The van der Waals surface area contributed by atoms with Gasteiger partial charge in [-0.3, -0.25) is 9.82 Å². The molecule has 0 saturated carbocycles. The van der Waals surface area contributed by atoms with Crippen LogP contribution < -0.4 is 4.72 Å². The Bertz CT molecular complexity index is 395. The van der Waals surface area contributed by atoms with Crippen molar-refractivity contribution in [3.63, 3.8) is 0 Å². The third-order valence-electron chi connectivity index (χ3n) is 2.36. The lowest BCUT2D eigenvalue weighted by molar-refractivity contribution is 0.0984. The molecule has 1 aliphatic heterocycles. The number of aromatic amines is 1. The van der Waals surface area contributed by atoms with Gasteiger partial charge in [0.15, 0.2) is 0 Å². The maximum atomic E-state index is 11.8. The number of nitrogens with one attached hydrogen (secondary N) is 2. The second-order valence-electron chi connectivity index (χ2n) is 3.43. The van der Waals surface area contributed by atoms with E-state index in [9.17, 15) is 8.42 Å². The molecule has 1 aromatic heterocycles. The van der Waals surface area contributed by atoms with Crippen molar-refractivity contribution in [1.29, 1.82) is 0 Å². The van der Waals surface area contributed by atoms with E-state index < -0.39 is 10.0 Å². The van der Waals surface area contributed by atoms with E-state index in [1.54, 1.807) is 6.07 Å². The Morgan fingerprint density at radius 3 is 2.80 bits per heavy atom. The highest BCUT2D eigenvalue weighted by Crippen LogP contribution is 2.17. The molecule has 0 aromatic carbocycles. The highest BCUT2D eigenvalue weighted by Gasteiger charge is 2.27. The summed E-state index contributed by atoms with van der Waals surface area (Å²) in [6.07, 6.45) is 2.59. The molecule has 0 radical (unpaired) electrons. The Kier molecular flexibility index (Phi) is 2.92. The zero-order valence-corrected chi connectivity index (χ0v) is 8.96. The molecule has 2 N–H and O–H groups in total. The van der Waals surface area contributed by atoms with Gasteiger partial charge in [-0.2, -0.15) is 5.10 Å². The number of ether oxygens (including phenoxy) is 1. The fourth-order valence-electron chi connectivity index (χ4n) is 1.54. The van der Waals surface area contributed by atoms with Crippen molar-refractivity contribution in [2.24, 2.45) is 0 Å². The van der Waals surface area contributed by atoms with Crippen molar-refractivity contribution in [3.05, 3.63) is 12.3 Å². The summed E-state index contributed by atoms with van der Waals surface area (Å²) in [7, 11) is -3.31. The minimum atomic E-state index is -3.31. The first-order valence-corrected chi connectivity index (χ1v) is 6.32. The van der Waals surface area contributed by atoms with Gasteiger partial charge in [0.25, 0.3) is 0 Å². The molecule has 1 fully saturated rings. The number of anilines is 1. The van der Waals surface area contributed by atoms with Crippen LogP contribution in [0.3, 0.4) is 0 Å². The quantitative estimate of drug-likeness (QED) is 0.785. The van der Waals surface area contributed by atoms with Crippen LogP contribution in [0, 0.1) is 0 Å². The summed E-state index contributed by atoms with van der Waals surface area (Å²) in [6.45, 7) is 1.02. The first kappa shape index (κ1) is 10.4. The summed E-state index contributed by atoms with van der Waals surface area (Å²) in [5.74, 6) is 0.404. The van der Waals surface area contributed by atoms with Gasteiger partial charge in [0.1, 0.15) is 5.82 Å². The van der Waals surface area contributed by atoms with Crippen LogP contribution in [0.25, 0.3) is 0 Å². The molecular weight excluding hydrogens is 218 g/mol. The van der Waals surface area contributed by atoms with Crippen LogP contribution in [0.5, 0.6) is 0 Å². The van der Waals surface area contributed by atoms with Crippen LogP contribution in [-0.4, -0.2) is 37.1 Å². The Labute approximate surface area is 88.1 Å². The van der Waals surface area contributed by atoms with E-state index in [-0.39, 0.29) is 5.25 Å². The van der Waals surface area contributed by atoms with E-state index in [4.69, 9.17) is 4.74 Å². The van der Waals surface area contributed by atoms with E-state index >= 15 is 0 Å². The standard InChI is InChI=1S/C8H13N3O3S/c12-15(13,7-2-5-14-6-3-7)11-8-1-4-9-10-8/h1,4,7H,2-3,5-6H2,(H2,9,10,11). The predicted octanol–water partition coefficient (Wildman–Crippen LogP) is 0.330. The van der Waals surface area contributed by atoms with E-state index in [1.807, 2.05) is 0 Å². The number of rotatable bonds is 3. The molecule has 0 atom stereocenters. The van der Waals surface area contributed by atoms with Crippen molar-refractivity contribution in [2.45, 2.75) is 18.1 Å². The molecule has 0 bridgehead atoms. The van der Waals surface area contributed by atoms with Crippen molar-refractivity contribution < 1.29 is 13.2 Å². The smallest absolute Gasteiger partial charge is 0.236 e. The Morgan fingerprint density at radius 1 is 1.47 bits per heavy atom. The summed E-state index contributed by atoms with van der Waals surface area (Å²) in [6, 6.07) is 1.58. The van der Waals surface area contributed by atoms with Crippen molar-refractivity contribution in [1.82, 2.24) is 10.2 Å². The van der Waals surface area contributed by atoms with Gasteiger partial charge < -0.3 is 4.74 Å². The van der Waals surface area contributed by atoms with E-state index in [0.29, 0.717) is 31.9 Å². The zero-order valence-electron chi connectivity index (χ0n) is 8.14. The van der Waals surface area contributed by atoms with Gasteiger partial charge in [0.2, 0.25) is 10.0 Å². The maximum Gasteiger partial charge on any atom is 0.236 e. The van der Waals surface area contributed by atoms with Crippen LogP contribution in [0.15, 0.2) is 12.3 Å². The normalized spacial score (nSPS) is 18.9. The van der Waals surface area contributed by atoms with Gasteiger partial charge in [-0.05, 0) is 12.8 Å². The fourth-order valence-corrected chi connectivity index (χ4v) is 2.94. The summed E-state index contributed by atoms with van der Waals surface area (Å²) in [5, 5.41) is 5.87. The number of aromatic nitrogens is 2. The van der Waals surface area contributed by atoms with E-state index in [0.717, 1.165) is 0 Å². The zero-order chi connectivity index (χ0) is 10.7. The van der Waals surface area contributed by atoms with Crippen molar-refractivity contribution >= 4 is 15.8 Å². The third kappa shape index (κ3) is 2.48. The fraction of sp³-hybridized carbons (Fsp3) is 0.625. The first-order chi connectivity index (χ1) is 7.18. The molecule has 6 nitrogen and oxygen atoms in total. The largest absolute Gasteiger partial charge is 0.381 e. The van der Waals surface area contributed by atoms with Crippen LogP contribution in [0.1, 0.15) is 12.8 Å². The molecule has 1 saturated heterocycles. The van der Waals surface area contributed by atoms with Crippen molar-refractivity contribution in [2.75, 3.05) is 17.9 Å². The van der Waals surface area contributed by atoms with Gasteiger partial charge in [-0.15, -0.1) is 0 Å². The molecule has 15 heavy (non-hydrogen) atoms. The average Bonchev–Trinajstić information content (AvgIpc) is 2.71. The van der Waals surface area contributed by atoms with E-state index in [1.165, 1.54) is 6.20 Å². The molecule has 0 spiro atoms. The number of nitrogens with zero attached hydrogens (tertiary/aromatic N) is 1. The number of H-pyrrole nitrogens is 1. The Morgan fingerprint density at radius 2 is 2.20 bits per heavy atom. The minimum Gasteiger partial charge on any atom is -0.381 e. The average molecular weight is 231 g/mol. The molecule has 7 heteroatoms. The lowest BCUT2D eigenvalue weighted by atomic mass is 10.2. The topological polar surface area (TPSA) is 84.1 Å². The van der Waals surface area contributed by atoms with E-state index in [2.05, 4.69) is 14.9 Å². The highest BCUT2D eigenvalue weighted by molar-refractivity contribution is 7.93.